The maximum Gasteiger partial charge on any atom is 0.246 e. The summed E-state index contributed by atoms with van der Waals surface area (Å²) >= 11 is 6.73. The number of rotatable bonds is 4. The molecule has 0 aliphatic carbocycles. The predicted octanol–water partition coefficient (Wildman–Crippen LogP) is 3.23. The maximum atomic E-state index is 12.1. The molecule has 2 rings (SSSR count). The van der Waals surface area contributed by atoms with E-state index in [0.29, 0.717) is 10.9 Å². The van der Waals surface area contributed by atoms with Crippen molar-refractivity contribution >= 4 is 39.9 Å². The molecule has 1 unspecified atom stereocenters. The Morgan fingerprint density at radius 2 is 2.00 bits per heavy atom. The average Bonchev–Trinajstić information content (AvgIpc) is 2.66. The minimum atomic E-state index is -0.0379. The van der Waals surface area contributed by atoms with Gasteiger partial charge in [-0.05, 0) is 37.6 Å². The number of carbonyl (C=O) groups is 1. The summed E-state index contributed by atoms with van der Waals surface area (Å²) in [6, 6.07) is 7.46. The molecule has 1 aliphatic rings. The molecule has 0 bridgehead atoms. The van der Waals surface area contributed by atoms with E-state index in [1.807, 2.05) is 38.1 Å². The molecule has 1 aromatic rings. The van der Waals surface area contributed by atoms with E-state index in [0.717, 1.165) is 17.9 Å². The van der Waals surface area contributed by atoms with Gasteiger partial charge in [0.2, 0.25) is 5.91 Å². The van der Waals surface area contributed by atoms with Crippen LogP contribution in [-0.4, -0.2) is 22.1 Å². The molecule has 0 spiro atoms. The van der Waals surface area contributed by atoms with E-state index >= 15 is 0 Å². The van der Waals surface area contributed by atoms with Gasteiger partial charge in [0.15, 0.2) is 0 Å². The minimum Gasteiger partial charge on any atom is -0.494 e. The van der Waals surface area contributed by atoms with Gasteiger partial charge >= 0.3 is 0 Å². The number of ether oxygens (including phenoxy) is 1. The lowest BCUT2D eigenvalue weighted by molar-refractivity contribution is -0.116. The lowest BCUT2D eigenvalue weighted by Crippen LogP contribution is -2.30. The topological polar surface area (TPSA) is 29.5 Å². The van der Waals surface area contributed by atoms with Crippen molar-refractivity contribution in [1.29, 1.82) is 0 Å². The molecular weight excluding hydrogens is 266 g/mol. The van der Waals surface area contributed by atoms with E-state index in [9.17, 15) is 4.79 Å². The van der Waals surface area contributed by atoms with Crippen LogP contribution in [0.25, 0.3) is 0 Å². The summed E-state index contributed by atoms with van der Waals surface area (Å²) in [6.07, 6.45) is 0.803. The molecule has 18 heavy (non-hydrogen) atoms. The lowest BCUT2D eigenvalue weighted by Gasteiger charge is -2.16. The monoisotopic (exact) mass is 281 g/mol. The van der Waals surface area contributed by atoms with E-state index in [-0.39, 0.29) is 11.2 Å². The summed E-state index contributed by atoms with van der Waals surface area (Å²) < 4.78 is 6.01. The van der Waals surface area contributed by atoms with Crippen LogP contribution in [-0.2, 0) is 4.79 Å². The molecule has 96 valence electrons. The van der Waals surface area contributed by atoms with Crippen LogP contribution in [0.15, 0.2) is 24.3 Å². The van der Waals surface area contributed by atoms with Gasteiger partial charge in [0.25, 0.3) is 0 Å². The SMILES string of the molecule is CCOc1ccc(N2C(=O)C(CC)SC2=S)cc1. The van der Waals surface area contributed by atoms with Gasteiger partial charge in [-0.1, -0.05) is 30.9 Å². The summed E-state index contributed by atoms with van der Waals surface area (Å²) in [6.45, 7) is 4.57. The number of amides is 1. The van der Waals surface area contributed by atoms with Crippen LogP contribution in [0.3, 0.4) is 0 Å². The zero-order valence-corrected chi connectivity index (χ0v) is 12.0. The Balaban J connectivity index is 2.21. The second-order valence-corrected chi connectivity index (χ2v) is 5.72. The number of hydrogen-bond acceptors (Lipinski definition) is 4. The van der Waals surface area contributed by atoms with Crippen molar-refractivity contribution in [3.63, 3.8) is 0 Å². The molecule has 0 saturated carbocycles. The van der Waals surface area contributed by atoms with Crippen molar-refractivity contribution < 1.29 is 9.53 Å². The second kappa shape index (κ2) is 5.71. The van der Waals surface area contributed by atoms with Crippen LogP contribution in [0.1, 0.15) is 20.3 Å². The zero-order chi connectivity index (χ0) is 13.1. The largest absolute Gasteiger partial charge is 0.494 e. The standard InChI is InChI=1S/C13H15NO2S2/c1-3-11-12(15)14(13(17)18-11)9-5-7-10(8-6-9)16-4-2/h5-8,11H,3-4H2,1-2H3. The average molecular weight is 281 g/mol. The maximum absolute atomic E-state index is 12.1. The number of anilines is 1. The van der Waals surface area contributed by atoms with Crippen molar-refractivity contribution in [2.75, 3.05) is 11.5 Å². The Kier molecular flexibility index (Phi) is 4.24. The fourth-order valence-corrected chi connectivity index (χ4v) is 3.27. The van der Waals surface area contributed by atoms with Crippen LogP contribution in [0.5, 0.6) is 5.75 Å². The zero-order valence-electron chi connectivity index (χ0n) is 10.4. The molecule has 1 aromatic carbocycles. The number of nitrogens with zero attached hydrogens (tertiary/aromatic N) is 1. The van der Waals surface area contributed by atoms with E-state index in [4.69, 9.17) is 17.0 Å². The second-order valence-electron chi connectivity index (χ2n) is 3.88. The third kappa shape index (κ3) is 2.52. The number of benzene rings is 1. The van der Waals surface area contributed by atoms with Crippen molar-refractivity contribution in [2.45, 2.75) is 25.5 Å². The first-order chi connectivity index (χ1) is 8.67. The van der Waals surface area contributed by atoms with Gasteiger partial charge < -0.3 is 4.74 Å². The summed E-state index contributed by atoms with van der Waals surface area (Å²) in [7, 11) is 0. The predicted molar refractivity (Wildman–Crippen MR) is 79.4 cm³/mol. The highest BCUT2D eigenvalue weighted by Crippen LogP contribution is 2.34. The molecule has 1 aliphatic heterocycles. The highest BCUT2D eigenvalue weighted by molar-refractivity contribution is 8.25. The third-order valence-electron chi connectivity index (χ3n) is 2.70. The fourth-order valence-electron chi connectivity index (χ4n) is 1.81. The van der Waals surface area contributed by atoms with Crippen LogP contribution in [0, 0.1) is 0 Å². The van der Waals surface area contributed by atoms with E-state index in [1.54, 1.807) is 4.90 Å². The first-order valence-electron chi connectivity index (χ1n) is 5.94. The van der Waals surface area contributed by atoms with Crippen molar-refractivity contribution in [2.24, 2.45) is 0 Å². The third-order valence-corrected chi connectivity index (χ3v) is 4.37. The van der Waals surface area contributed by atoms with Gasteiger partial charge in [0, 0.05) is 0 Å². The Bertz CT molecular complexity index is 459. The molecule has 0 radical (unpaired) electrons. The highest BCUT2D eigenvalue weighted by Gasteiger charge is 2.36. The van der Waals surface area contributed by atoms with Gasteiger partial charge in [-0.3, -0.25) is 9.69 Å². The molecule has 0 aromatic heterocycles. The molecule has 1 heterocycles. The number of hydrogen-bond donors (Lipinski definition) is 0. The Labute approximate surface area is 116 Å². The van der Waals surface area contributed by atoms with Crippen molar-refractivity contribution in [3.8, 4) is 5.75 Å². The molecule has 5 heteroatoms. The van der Waals surface area contributed by atoms with Gasteiger partial charge in [0.1, 0.15) is 10.1 Å². The van der Waals surface area contributed by atoms with Gasteiger partial charge in [-0.2, -0.15) is 0 Å². The number of carbonyl (C=O) groups excluding carboxylic acids is 1. The van der Waals surface area contributed by atoms with E-state index in [2.05, 4.69) is 0 Å². The summed E-state index contributed by atoms with van der Waals surface area (Å²) in [5.41, 5.74) is 0.817. The molecule has 1 fully saturated rings. The fraction of sp³-hybridized carbons (Fsp3) is 0.385. The highest BCUT2D eigenvalue weighted by atomic mass is 32.2. The van der Waals surface area contributed by atoms with E-state index < -0.39 is 0 Å². The summed E-state index contributed by atoms with van der Waals surface area (Å²) in [5, 5.41) is -0.0379. The van der Waals surface area contributed by atoms with E-state index in [1.165, 1.54) is 11.8 Å². The lowest BCUT2D eigenvalue weighted by atomic mass is 10.2. The normalized spacial score (nSPS) is 19.4. The molecule has 0 N–H and O–H groups in total. The first kappa shape index (κ1) is 13.4. The van der Waals surface area contributed by atoms with Gasteiger partial charge in [0.05, 0.1) is 17.5 Å². The Morgan fingerprint density at radius 1 is 1.33 bits per heavy atom. The van der Waals surface area contributed by atoms with Crippen LogP contribution in [0.2, 0.25) is 0 Å². The minimum absolute atomic E-state index is 0.0379. The molecule has 1 saturated heterocycles. The number of thioether (sulfide) groups is 1. The summed E-state index contributed by atoms with van der Waals surface area (Å²) in [4.78, 5) is 13.8. The molecule has 1 atom stereocenters. The van der Waals surface area contributed by atoms with Crippen LogP contribution in [0.4, 0.5) is 5.69 Å². The molecule has 3 nitrogen and oxygen atoms in total. The van der Waals surface area contributed by atoms with Crippen LogP contribution >= 0.6 is 24.0 Å². The smallest absolute Gasteiger partial charge is 0.246 e. The number of thiocarbonyl (C=S) groups is 1. The van der Waals surface area contributed by atoms with Crippen molar-refractivity contribution in [3.05, 3.63) is 24.3 Å². The van der Waals surface area contributed by atoms with Gasteiger partial charge in [-0.15, -0.1) is 0 Å². The first-order valence-corrected chi connectivity index (χ1v) is 7.23. The van der Waals surface area contributed by atoms with Crippen molar-refractivity contribution in [1.82, 2.24) is 0 Å². The Morgan fingerprint density at radius 3 is 2.50 bits per heavy atom. The van der Waals surface area contributed by atoms with Gasteiger partial charge in [-0.25, -0.2) is 0 Å². The molecular formula is C13H15NO2S2. The Hall–Kier alpha value is -1.07. The quantitative estimate of drug-likeness (QED) is 0.793. The van der Waals surface area contributed by atoms with Crippen LogP contribution < -0.4 is 9.64 Å². The molecule has 1 amide bonds. The summed E-state index contributed by atoms with van der Waals surface area (Å²) in [5.74, 6) is 0.884.